The second-order valence-corrected chi connectivity index (χ2v) is 3.64. The molecule has 82 valence electrons. The number of carboxylic acids is 1. The lowest BCUT2D eigenvalue weighted by atomic mass is 10.1. The molecule has 5 nitrogen and oxygen atoms in total. The van der Waals surface area contributed by atoms with Gasteiger partial charge in [0.1, 0.15) is 11.5 Å². The van der Waals surface area contributed by atoms with E-state index in [1.165, 1.54) is 19.2 Å². The molecule has 1 rings (SSSR count). The largest absolute Gasteiger partial charge is 0.507 e. The first-order chi connectivity index (χ1) is 6.97. The molecular weight excluding hydrogens is 268 g/mol. The molecule has 0 aromatic heterocycles. The van der Waals surface area contributed by atoms with Crippen LogP contribution in [0.4, 0.5) is 0 Å². The average molecular weight is 277 g/mol. The molecule has 1 unspecified atom stereocenters. The number of aliphatic hydroxyl groups excluding tert-OH is 1. The Morgan fingerprint density at radius 3 is 2.60 bits per heavy atom. The minimum Gasteiger partial charge on any atom is -0.507 e. The van der Waals surface area contributed by atoms with Crippen LogP contribution >= 0.6 is 15.9 Å². The third-order valence-corrected chi connectivity index (χ3v) is 2.45. The molecule has 0 radical (unpaired) electrons. The Hall–Kier alpha value is -1.27. The van der Waals surface area contributed by atoms with Gasteiger partial charge in [0, 0.05) is 11.6 Å². The lowest BCUT2D eigenvalue weighted by molar-refractivity contribution is -0.147. The van der Waals surface area contributed by atoms with E-state index in [4.69, 9.17) is 9.84 Å². The van der Waals surface area contributed by atoms with Crippen LogP contribution < -0.4 is 4.74 Å². The zero-order valence-corrected chi connectivity index (χ0v) is 9.35. The van der Waals surface area contributed by atoms with Crippen molar-refractivity contribution in [1.29, 1.82) is 0 Å². The lowest BCUT2D eigenvalue weighted by Gasteiger charge is -2.11. The van der Waals surface area contributed by atoms with E-state index < -0.39 is 12.1 Å². The molecule has 0 bridgehead atoms. The summed E-state index contributed by atoms with van der Waals surface area (Å²) in [5.74, 6) is -1.40. The molecule has 0 aliphatic carbocycles. The number of ether oxygens (including phenoxy) is 1. The highest BCUT2D eigenvalue weighted by Crippen LogP contribution is 2.35. The van der Waals surface area contributed by atoms with Gasteiger partial charge in [0.25, 0.3) is 0 Å². The zero-order valence-electron chi connectivity index (χ0n) is 7.77. The predicted molar refractivity (Wildman–Crippen MR) is 55.0 cm³/mol. The number of aliphatic hydroxyl groups is 1. The van der Waals surface area contributed by atoms with Crippen molar-refractivity contribution in [3.63, 3.8) is 0 Å². The monoisotopic (exact) mass is 276 g/mol. The van der Waals surface area contributed by atoms with Crippen molar-refractivity contribution >= 4 is 21.9 Å². The highest BCUT2D eigenvalue weighted by Gasteiger charge is 2.21. The van der Waals surface area contributed by atoms with Crippen LogP contribution in [0, 0.1) is 0 Å². The molecule has 0 fully saturated rings. The summed E-state index contributed by atoms with van der Waals surface area (Å²) < 4.78 is 5.34. The molecule has 0 heterocycles. The summed E-state index contributed by atoms with van der Waals surface area (Å²) >= 11 is 3.12. The van der Waals surface area contributed by atoms with Gasteiger partial charge in [-0.3, -0.25) is 0 Å². The summed E-state index contributed by atoms with van der Waals surface area (Å²) in [6.07, 6.45) is -1.76. The molecule has 0 saturated carbocycles. The summed E-state index contributed by atoms with van der Waals surface area (Å²) in [5, 5.41) is 27.3. The van der Waals surface area contributed by atoms with E-state index >= 15 is 0 Å². The van der Waals surface area contributed by atoms with Gasteiger partial charge in [-0.15, -0.1) is 0 Å². The molecule has 6 heteroatoms. The van der Waals surface area contributed by atoms with Crippen molar-refractivity contribution in [3.8, 4) is 11.5 Å². The summed E-state index contributed by atoms with van der Waals surface area (Å²) in [5.41, 5.74) is -0.0878. The quantitative estimate of drug-likeness (QED) is 0.774. The number of halogens is 1. The number of methoxy groups -OCH3 is 1. The van der Waals surface area contributed by atoms with Crippen molar-refractivity contribution in [1.82, 2.24) is 0 Å². The standard InChI is InChI=1S/C9H9BrO5/c1-15-7-3-6(11)4(2-5(7)10)8(12)9(13)14/h2-3,8,11-12H,1H3,(H,13,14). The van der Waals surface area contributed by atoms with Crippen LogP contribution in [0.1, 0.15) is 11.7 Å². The molecule has 0 spiro atoms. The van der Waals surface area contributed by atoms with Gasteiger partial charge in [-0.25, -0.2) is 4.79 Å². The van der Waals surface area contributed by atoms with E-state index in [-0.39, 0.29) is 11.3 Å². The Morgan fingerprint density at radius 2 is 2.13 bits per heavy atom. The topological polar surface area (TPSA) is 87.0 Å². The Bertz CT molecular complexity index is 390. The van der Waals surface area contributed by atoms with Gasteiger partial charge < -0.3 is 20.1 Å². The number of benzene rings is 1. The number of carboxylic acid groups (broad SMARTS) is 1. The normalized spacial score (nSPS) is 12.2. The number of phenolic OH excluding ortho intramolecular Hbond substituents is 1. The van der Waals surface area contributed by atoms with Crippen LogP contribution in [-0.4, -0.2) is 28.4 Å². The van der Waals surface area contributed by atoms with Crippen molar-refractivity contribution in [2.75, 3.05) is 7.11 Å². The van der Waals surface area contributed by atoms with E-state index in [2.05, 4.69) is 15.9 Å². The maximum atomic E-state index is 10.5. The van der Waals surface area contributed by atoms with E-state index in [9.17, 15) is 15.0 Å². The van der Waals surface area contributed by atoms with Crippen LogP contribution in [0.5, 0.6) is 11.5 Å². The molecule has 0 aliphatic rings. The minimum atomic E-state index is -1.76. The van der Waals surface area contributed by atoms with E-state index in [0.717, 1.165) is 0 Å². The highest BCUT2D eigenvalue weighted by molar-refractivity contribution is 9.10. The molecule has 0 aliphatic heterocycles. The molecular formula is C9H9BrO5. The molecule has 1 aromatic carbocycles. The fourth-order valence-corrected chi connectivity index (χ4v) is 1.59. The molecule has 1 atom stereocenters. The Labute approximate surface area is 94.1 Å². The number of hydrogen-bond acceptors (Lipinski definition) is 4. The second-order valence-electron chi connectivity index (χ2n) is 2.79. The lowest BCUT2D eigenvalue weighted by Crippen LogP contribution is -2.10. The van der Waals surface area contributed by atoms with Gasteiger partial charge >= 0.3 is 5.97 Å². The molecule has 3 N–H and O–H groups in total. The number of phenols is 1. The Morgan fingerprint density at radius 1 is 1.53 bits per heavy atom. The molecule has 0 amide bonds. The summed E-state index contributed by atoms with van der Waals surface area (Å²) in [4.78, 5) is 10.5. The average Bonchev–Trinajstić information content (AvgIpc) is 2.19. The van der Waals surface area contributed by atoms with Crippen LogP contribution in [0.15, 0.2) is 16.6 Å². The van der Waals surface area contributed by atoms with Gasteiger partial charge in [0.2, 0.25) is 0 Å². The third kappa shape index (κ3) is 2.40. The van der Waals surface area contributed by atoms with Crippen LogP contribution in [0.3, 0.4) is 0 Å². The van der Waals surface area contributed by atoms with Gasteiger partial charge in [0.15, 0.2) is 6.10 Å². The zero-order chi connectivity index (χ0) is 11.6. The molecule has 1 aromatic rings. The van der Waals surface area contributed by atoms with Crippen molar-refractivity contribution < 1.29 is 24.9 Å². The van der Waals surface area contributed by atoms with Crippen LogP contribution in [-0.2, 0) is 4.79 Å². The fraction of sp³-hybridized carbons (Fsp3) is 0.222. The number of carbonyl (C=O) groups is 1. The van der Waals surface area contributed by atoms with Gasteiger partial charge in [-0.2, -0.15) is 0 Å². The van der Waals surface area contributed by atoms with Crippen molar-refractivity contribution in [2.24, 2.45) is 0 Å². The number of hydrogen-bond donors (Lipinski definition) is 3. The van der Waals surface area contributed by atoms with Crippen LogP contribution in [0.25, 0.3) is 0 Å². The first kappa shape index (κ1) is 11.8. The Kier molecular flexibility index (Phi) is 3.54. The number of rotatable bonds is 3. The van der Waals surface area contributed by atoms with Crippen LogP contribution in [0.2, 0.25) is 0 Å². The third-order valence-electron chi connectivity index (χ3n) is 1.83. The maximum absolute atomic E-state index is 10.5. The molecule has 0 saturated heterocycles. The maximum Gasteiger partial charge on any atom is 0.337 e. The van der Waals surface area contributed by atoms with E-state index in [0.29, 0.717) is 10.2 Å². The summed E-state index contributed by atoms with van der Waals surface area (Å²) in [7, 11) is 1.41. The van der Waals surface area contributed by atoms with E-state index in [1.54, 1.807) is 0 Å². The smallest absolute Gasteiger partial charge is 0.337 e. The van der Waals surface area contributed by atoms with Crippen molar-refractivity contribution in [3.05, 3.63) is 22.2 Å². The second kappa shape index (κ2) is 4.50. The van der Waals surface area contributed by atoms with Gasteiger partial charge in [-0.1, -0.05) is 0 Å². The van der Waals surface area contributed by atoms with Gasteiger partial charge in [-0.05, 0) is 22.0 Å². The summed E-state index contributed by atoms with van der Waals surface area (Å²) in [6.45, 7) is 0. The Balaban J connectivity index is 3.21. The van der Waals surface area contributed by atoms with Crippen molar-refractivity contribution in [2.45, 2.75) is 6.10 Å². The fourth-order valence-electron chi connectivity index (χ4n) is 1.07. The number of aliphatic carboxylic acids is 1. The van der Waals surface area contributed by atoms with E-state index in [1.807, 2.05) is 0 Å². The molecule has 15 heavy (non-hydrogen) atoms. The minimum absolute atomic E-state index is 0.0878. The number of aromatic hydroxyl groups is 1. The van der Waals surface area contributed by atoms with Gasteiger partial charge in [0.05, 0.1) is 11.6 Å². The first-order valence-corrected chi connectivity index (χ1v) is 4.74. The predicted octanol–water partition coefficient (Wildman–Crippen LogP) is 1.28. The highest BCUT2D eigenvalue weighted by atomic mass is 79.9. The first-order valence-electron chi connectivity index (χ1n) is 3.94. The SMILES string of the molecule is COc1cc(O)c(C(O)C(=O)O)cc1Br. The summed E-state index contributed by atoms with van der Waals surface area (Å²) in [6, 6.07) is 2.53.